The lowest BCUT2D eigenvalue weighted by atomic mass is 9.95. The van der Waals surface area contributed by atoms with Crippen LogP contribution in [0.5, 0.6) is 0 Å². The van der Waals surface area contributed by atoms with E-state index in [1.807, 2.05) is 0 Å². The van der Waals surface area contributed by atoms with E-state index in [-0.39, 0.29) is 0 Å². The smallest absolute Gasteiger partial charge is 0.0640 e. The number of likely N-dealkylation sites (N-methyl/N-ethyl adjacent to an activating group) is 1. The van der Waals surface area contributed by atoms with E-state index in [1.54, 1.807) is 0 Å². The molecule has 1 aromatic rings. The monoisotopic (exact) mass is 247 g/mol. The van der Waals surface area contributed by atoms with Crippen LogP contribution < -0.4 is 5.32 Å². The largest absolute Gasteiger partial charge is 0.316 e. The van der Waals surface area contributed by atoms with Gasteiger partial charge in [-0.05, 0) is 44.2 Å². The van der Waals surface area contributed by atoms with Crippen LogP contribution in [0.2, 0.25) is 0 Å². The highest BCUT2D eigenvalue weighted by molar-refractivity contribution is 5.08. The Morgan fingerprint density at radius 1 is 1.44 bits per heavy atom. The average molecular weight is 247 g/mol. The Kier molecular flexibility index (Phi) is 3.18. The van der Waals surface area contributed by atoms with Gasteiger partial charge in [-0.2, -0.15) is 5.10 Å². The topological polar surface area (TPSA) is 29.9 Å². The maximum absolute atomic E-state index is 4.80. The molecule has 1 atom stereocenters. The van der Waals surface area contributed by atoms with Crippen molar-refractivity contribution in [1.82, 2.24) is 15.1 Å². The van der Waals surface area contributed by atoms with Gasteiger partial charge in [0.15, 0.2) is 0 Å². The molecule has 3 rings (SSSR count). The Labute approximate surface area is 110 Å². The van der Waals surface area contributed by atoms with Gasteiger partial charge in [0.05, 0.1) is 11.7 Å². The van der Waals surface area contributed by atoms with Crippen molar-refractivity contribution >= 4 is 0 Å². The molecule has 1 N–H and O–H groups in total. The van der Waals surface area contributed by atoms with Crippen LogP contribution in [-0.4, -0.2) is 22.9 Å². The molecule has 1 heterocycles. The van der Waals surface area contributed by atoms with Crippen LogP contribution >= 0.6 is 0 Å². The first kappa shape index (κ1) is 12.2. The third-order valence-electron chi connectivity index (χ3n) is 5.00. The van der Waals surface area contributed by atoms with Gasteiger partial charge >= 0.3 is 0 Å². The zero-order valence-corrected chi connectivity index (χ0v) is 11.7. The fourth-order valence-electron chi connectivity index (χ4n) is 3.31. The van der Waals surface area contributed by atoms with E-state index in [4.69, 9.17) is 5.10 Å². The molecule has 0 amide bonds. The molecule has 0 bridgehead atoms. The summed E-state index contributed by atoms with van der Waals surface area (Å²) in [5.41, 5.74) is 1.78. The van der Waals surface area contributed by atoms with Crippen molar-refractivity contribution in [2.75, 3.05) is 7.05 Å². The molecule has 18 heavy (non-hydrogen) atoms. The van der Waals surface area contributed by atoms with E-state index in [0.29, 0.717) is 17.5 Å². The zero-order valence-electron chi connectivity index (χ0n) is 11.7. The summed E-state index contributed by atoms with van der Waals surface area (Å²) in [6.07, 6.45) is 11.4. The summed E-state index contributed by atoms with van der Waals surface area (Å²) in [6.45, 7) is 2.39. The van der Waals surface area contributed by atoms with Gasteiger partial charge in [-0.25, -0.2) is 0 Å². The van der Waals surface area contributed by atoms with Crippen LogP contribution in [0.4, 0.5) is 0 Å². The van der Waals surface area contributed by atoms with Gasteiger partial charge in [0.1, 0.15) is 0 Å². The van der Waals surface area contributed by atoms with Gasteiger partial charge in [0.25, 0.3) is 0 Å². The molecule has 0 radical (unpaired) electrons. The van der Waals surface area contributed by atoms with Gasteiger partial charge in [0, 0.05) is 18.7 Å². The summed E-state index contributed by atoms with van der Waals surface area (Å²) in [4.78, 5) is 0. The number of hydrogen-bond donors (Lipinski definition) is 1. The lowest BCUT2D eigenvalue weighted by Crippen LogP contribution is -2.35. The quantitative estimate of drug-likeness (QED) is 0.867. The third-order valence-corrected chi connectivity index (χ3v) is 5.00. The lowest BCUT2D eigenvalue weighted by Gasteiger charge is -2.22. The minimum atomic E-state index is 0.520. The van der Waals surface area contributed by atoms with E-state index < -0.39 is 0 Å². The minimum Gasteiger partial charge on any atom is -0.316 e. The van der Waals surface area contributed by atoms with Gasteiger partial charge in [-0.3, -0.25) is 4.68 Å². The summed E-state index contributed by atoms with van der Waals surface area (Å²) in [7, 11) is 2.09. The second-order valence-corrected chi connectivity index (χ2v) is 6.42. The Bertz CT molecular complexity index is 400. The average Bonchev–Trinajstić information content (AvgIpc) is 2.87. The number of aromatic nitrogens is 2. The second-order valence-electron chi connectivity index (χ2n) is 6.42. The first-order valence-corrected chi connectivity index (χ1v) is 7.42. The van der Waals surface area contributed by atoms with E-state index in [9.17, 15) is 0 Å². The summed E-state index contributed by atoms with van der Waals surface area (Å²) in [6, 6.07) is 3.47. The molecule has 3 heteroatoms. The highest BCUT2D eigenvalue weighted by Gasteiger charge is 2.44. The Hall–Kier alpha value is -0.830. The Morgan fingerprint density at radius 3 is 2.78 bits per heavy atom. The molecule has 2 saturated carbocycles. The van der Waals surface area contributed by atoms with Crippen LogP contribution in [0.15, 0.2) is 12.3 Å². The molecule has 1 unspecified atom stereocenters. The molecule has 0 saturated heterocycles. The lowest BCUT2D eigenvalue weighted by molar-refractivity contribution is 0.370. The number of rotatable bonds is 5. The van der Waals surface area contributed by atoms with Crippen LogP contribution in [0.3, 0.4) is 0 Å². The molecule has 0 spiro atoms. The minimum absolute atomic E-state index is 0.520. The van der Waals surface area contributed by atoms with Crippen molar-refractivity contribution in [2.45, 2.75) is 64.0 Å². The van der Waals surface area contributed by atoms with Crippen LogP contribution in [0.1, 0.15) is 57.2 Å². The fraction of sp³-hybridized carbons (Fsp3) is 0.800. The highest BCUT2D eigenvalue weighted by Crippen LogP contribution is 2.48. The van der Waals surface area contributed by atoms with Gasteiger partial charge in [-0.15, -0.1) is 0 Å². The van der Waals surface area contributed by atoms with Crippen molar-refractivity contribution in [3.05, 3.63) is 18.0 Å². The molecule has 1 aromatic heterocycles. The molecular formula is C15H25N3. The molecule has 3 nitrogen and oxygen atoms in total. The molecule has 100 valence electrons. The predicted molar refractivity (Wildman–Crippen MR) is 73.6 cm³/mol. The van der Waals surface area contributed by atoms with E-state index in [2.05, 4.69) is 36.2 Å². The molecule has 2 aliphatic rings. The van der Waals surface area contributed by atoms with Crippen LogP contribution in [0, 0.1) is 5.41 Å². The zero-order chi connectivity index (χ0) is 12.6. The predicted octanol–water partition coefficient (Wildman–Crippen LogP) is 2.93. The van der Waals surface area contributed by atoms with Crippen molar-refractivity contribution in [1.29, 1.82) is 0 Å². The standard InChI is InChI=1S/C15H25N3/c1-15(8-9-15)14(16-2)11-12-7-10-18(17-12)13-5-3-4-6-13/h7,10,13-14,16H,3-6,8-9,11H2,1-2H3. The van der Waals surface area contributed by atoms with E-state index in [1.165, 1.54) is 44.2 Å². The van der Waals surface area contributed by atoms with Crippen LogP contribution in [0.25, 0.3) is 0 Å². The second kappa shape index (κ2) is 4.69. The Balaban J connectivity index is 1.65. The van der Waals surface area contributed by atoms with Crippen molar-refractivity contribution in [2.24, 2.45) is 5.41 Å². The SMILES string of the molecule is CNC(Cc1ccn(C2CCCC2)n1)C1(C)CC1. The molecule has 0 aromatic carbocycles. The van der Waals surface area contributed by atoms with Crippen molar-refractivity contribution in [3.8, 4) is 0 Å². The van der Waals surface area contributed by atoms with E-state index >= 15 is 0 Å². The summed E-state index contributed by atoms with van der Waals surface area (Å²) in [5, 5.41) is 8.28. The number of nitrogens with one attached hydrogen (secondary N) is 1. The first-order chi connectivity index (χ1) is 8.71. The summed E-state index contributed by atoms with van der Waals surface area (Å²) >= 11 is 0. The van der Waals surface area contributed by atoms with Crippen molar-refractivity contribution < 1.29 is 0 Å². The molecule has 0 aliphatic heterocycles. The third kappa shape index (κ3) is 2.33. The Morgan fingerprint density at radius 2 is 2.17 bits per heavy atom. The molecule has 2 aliphatic carbocycles. The normalized spacial score (nSPS) is 24.3. The maximum Gasteiger partial charge on any atom is 0.0640 e. The number of nitrogens with zero attached hydrogens (tertiary/aromatic N) is 2. The van der Waals surface area contributed by atoms with Crippen LogP contribution in [-0.2, 0) is 6.42 Å². The summed E-state index contributed by atoms with van der Waals surface area (Å²) in [5.74, 6) is 0. The molecule has 2 fully saturated rings. The van der Waals surface area contributed by atoms with E-state index in [0.717, 1.165) is 6.42 Å². The highest BCUT2D eigenvalue weighted by atomic mass is 15.3. The van der Waals surface area contributed by atoms with Gasteiger partial charge < -0.3 is 5.32 Å². The van der Waals surface area contributed by atoms with Gasteiger partial charge in [-0.1, -0.05) is 19.8 Å². The fourth-order valence-corrected chi connectivity index (χ4v) is 3.31. The number of hydrogen-bond acceptors (Lipinski definition) is 2. The summed E-state index contributed by atoms with van der Waals surface area (Å²) < 4.78 is 2.21. The van der Waals surface area contributed by atoms with Crippen molar-refractivity contribution in [3.63, 3.8) is 0 Å². The first-order valence-electron chi connectivity index (χ1n) is 7.42. The maximum atomic E-state index is 4.80. The molecular weight excluding hydrogens is 222 g/mol. The van der Waals surface area contributed by atoms with Gasteiger partial charge in [0.2, 0.25) is 0 Å².